The van der Waals surface area contributed by atoms with Gasteiger partial charge >= 0.3 is 0 Å². The fraction of sp³-hybridized carbons (Fsp3) is 0.600. The van der Waals surface area contributed by atoms with Crippen LogP contribution in [-0.2, 0) is 0 Å². The first-order chi connectivity index (χ1) is 9.56. The van der Waals surface area contributed by atoms with Crippen molar-refractivity contribution in [2.24, 2.45) is 0 Å². The summed E-state index contributed by atoms with van der Waals surface area (Å²) in [4.78, 5) is 4.79. The van der Waals surface area contributed by atoms with Gasteiger partial charge in [0.15, 0.2) is 0 Å². The molecule has 2 rings (SSSR count). The van der Waals surface area contributed by atoms with Crippen molar-refractivity contribution in [3.8, 4) is 0 Å². The topological polar surface area (TPSA) is 26.7 Å². The van der Waals surface area contributed by atoms with Crippen LogP contribution in [0.3, 0.4) is 0 Å². The second kappa shape index (κ2) is 7.10. The average molecular weight is 317 g/mol. The summed E-state index contributed by atoms with van der Waals surface area (Å²) in [5.74, 6) is 0. The Bertz CT molecular complexity index is 455. The number of rotatable bonds is 4. The quantitative estimate of drug-likeness (QED) is 0.925. The van der Waals surface area contributed by atoms with Gasteiger partial charge in [0.2, 0.25) is 0 Å². The number of halogens is 2. The third-order valence-electron chi connectivity index (χ3n) is 4.11. The molecule has 0 saturated carbocycles. The highest BCUT2D eigenvalue weighted by Gasteiger charge is 2.29. The monoisotopic (exact) mass is 316 g/mol. The number of hydrogen-bond acceptors (Lipinski definition) is 3. The van der Waals surface area contributed by atoms with E-state index in [9.17, 15) is 5.11 Å². The van der Waals surface area contributed by atoms with Gasteiger partial charge in [-0.05, 0) is 31.2 Å². The Morgan fingerprint density at radius 2 is 2.05 bits per heavy atom. The number of nitrogens with zero attached hydrogens (tertiary/aromatic N) is 2. The number of benzene rings is 1. The summed E-state index contributed by atoms with van der Waals surface area (Å²) in [5.41, 5.74) is 1.03. The molecule has 0 aromatic heterocycles. The molecule has 2 atom stereocenters. The average Bonchev–Trinajstić information content (AvgIpc) is 2.45. The van der Waals surface area contributed by atoms with Gasteiger partial charge in [-0.1, -0.05) is 36.2 Å². The molecule has 0 spiro atoms. The van der Waals surface area contributed by atoms with Crippen molar-refractivity contribution in [3.63, 3.8) is 0 Å². The number of aliphatic hydroxyl groups excluding tert-OH is 1. The molecule has 1 aromatic carbocycles. The van der Waals surface area contributed by atoms with Crippen molar-refractivity contribution in [1.29, 1.82) is 0 Å². The molecule has 0 aliphatic carbocycles. The number of piperazine rings is 1. The lowest BCUT2D eigenvalue weighted by molar-refractivity contribution is 0.0271. The SMILES string of the molecule is CCN1CCN(C(CO)c2ccc(Cl)c(Cl)c2)C(C)C1. The molecule has 1 fully saturated rings. The van der Waals surface area contributed by atoms with E-state index in [-0.39, 0.29) is 12.6 Å². The van der Waals surface area contributed by atoms with E-state index in [1.165, 1.54) is 0 Å². The lowest BCUT2D eigenvalue weighted by atomic mass is 10.0. The van der Waals surface area contributed by atoms with Crippen LogP contribution in [0, 0.1) is 0 Å². The van der Waals surface area contributed by atoms with Gasteiger partial charge in [-0.15, -0.1) is 0 Å². The zero-order valence-corrected chi connectivity index (χ0v) is 13.5. The molecule has 5 heteroatoms. The van der Waals surface area contributed by atoms with Crippen molar-refractivity contribution in [3.05, 3.63) is 33.8 Å². The standard InChI is InChI=1S/C15H22Cl2N2O/c1-3-18-6-7-19(11(2)9-18)15(10-20)12-4-5-13(16)14(17)8-12/h4-5,8,11,15,20H,3,6-7,9-10H2,1-2H3. The minimum Gasteiger partial charge on any atom is -0.394 e. The number of likely N-dealkylation sites (N-methyl/N-ethyl adjacent to an activating group) is 1. The molecule has 2 unspecified atom stereocenters. The molecule has 20 heavy (non-hydrogen) atoms. The minimum absolute atomic E-state index is 0.0150. The minimum atomic E-state index is -0.0150. The fourth-order valence-corrected chi connectivity index (χ4v) is 3.23. The van der Waals surface area contributed by atoms with E-state index in [0.717, 1.165) is 31.7 Å². The van der Waals surface area contributed by atoms with Crippen LogP contribution in [0.15, 0.2) is 18.2 Å². The molecule has 1 aliphatic rings. The van der Waals surface area contributed by atoms with Gasteiger partial charge in [0.25, 0.3) is 0 Å². The largest absolute Gasteiger partial charge is 0.394 e. The van der Waals surface area contributed by atoms with E-state index < -0.39 is 0 Å². The van der Waals surface area contributed by atoms with Crippen LogP contribution < -0.4 is 0 Å². The van der Waals surface area contributed by atoms with E-state index >= 15 is 0 Å². The highest BCUT2D eigenvalue weighted by atomic mass is 35.5. The van der Waals surface area contributed by atoms with Crippen LogP contribution in [-0.4, -0.2) is 53.7 Å². The lowest BCUT2D eigenvalue weighted by Crippen LogP contribution is -2.53. The van der Waals surface area contributed by atoms with Crippen LogP contribution in [0.1, 0.15) is 25.5 Å². The molecule has 1 heterocycles. The highest BCUT2D eigenvalue weighted by molar-refractivity contribution is 6.42. The maximum atomic E-state index is 9.80. The fourth-order valence-electron chi connectivity index (χ4n) is 2.92. The maximum Gasteiger partial charge on any atom is 0.0628 e. The van der Waals surface area contributed by atoms with Gasteiger partial charge in [0.1, 0.15) is 0 Å². The van der Waals surface area contributed by atoms with Gasteiger partial charge in [-0.25, -0.2) is 0 Å². The molecule has 112 valence electrons. The second-order valence-electron chi connectivity index (χ2n) is 5.35. The van der Waals surface area contributed by atoms with Crippen LogP contribution in [0.25, 0.3) is 0 Å². The molecule has 3 nitrogen and oxygen atoms in total. The molecule has 1 N–H and O–H groups in total. The predicted octanol–water partition coefficient (Wildman–Crippen LogP) is 3.05. The van der Waals surface area contributed by atoms with Crippen molar-refractivity contribution < 1.29 is 5.11 Å². The molecule has 1 aliphatic heterocycles. The molecule has 0 amide bonds. The van der Waals surface area contributed by atoms with Gasteiger partial charge in [0.05, 0.1) is 22.7 Å². The summed E-state index contributed by atoms with van der Waals surface area (Å²) in [7, 11) is 0. The Balaban J connectivity index is 2.17. The van der Waals surface area contributed by atoms with Gasteiger partial charge < -0.3 is 10.0 Å². The summed E-state index contributed by atoms with van der Waals surface area (Å²) < 4.78 is 0. The van der Waals surface area contributed by atoms with Crippen LogP contribution in [0.4, 0.5) is 0 Å². The van der Waals surface area contributed by atoms with Crippen LogP contribution in [0.2, 0.25) is 10.0 Å². The molecule has 0 radical (unpaired) electrons. The third kappa shape index (κ3) is 3.46. The molecule has 0 bridgehead atoms. The van der Waals surface area contributed by atoms with Gasteiger partial charge in [-0.2, -0.15) is 0 Å². The first-order valence-electron chi connectivity index (χ1n) is 7.10. The van der Waals surface area contributed by atoms with E-state index in [4.69, 9.17) is 23.2 Å². The van der Waals surface area contributed by atoms with Gasteiger partial charge in [0, 0.05) is 25.7 Å². The summed E-state index contributed by atoms with van der Waals surface area (Å²) in [6, 6.07) is 6.01. The Morgan fingerprint density at radius 3 is 2.60 bits per heavy atom. The smallest absolute Gasteiger partial charge is 0.0628 e. The first kappa shape index (κ1) is 16.1. The van der Waals surface area contributed by atoms with E-state index in [2.05, 4.69) is 23.6 Å². The Labute approximate surface area is 131 Å². The number of aliphatic hydroxyl groups is 1. The zero-order chi connectivity index (χ0) is 14.7. The Hall–Kier alpha value is -0.320. The molecule has 1 aromatic rings. The third-order valence-corrected chi connectivity index (χ3v) is 4.85. The van der Waals surface area contributed by atoms with E-state index in [1.807, 2.05) is 12.1 Å². The normalized spacial score (nSPS) is 22.9. The summed E-state index contributed by atoms with van der Waals surface area (Å²) in [5, 5.41) is 10.9. The van der Waals surface area contributed by atoms with Crippen LogP contribution >= 0.6 is 23.2 Å². The maximum absolute atomic E-state index is 9.80. The van der Waals surface area contributed by atoms with Crippen molar-refractivity contribution in [2.45, 2.75) is 25.9 Å². The second-order valence-corrected chi connectivity index (χ2v) is 6.17. The Morgan fingerprint density at radius 1 is 1.30 bits per heavy atom. The highest BCUT2D eigenvalue weighted by Crippen LogP contribution is 2.30. The predicted molar refractivity (Wildman–Crippen MR) is 84.6 cm³/mol. The molecular weight excluding hydrogens is 295 g/mol. The summed E-state index contributed by atoms with van der Waals surface area (Å²) >= 11 is 12.1. The van der Waals surface area contributed by atoms with Crippen molar-refractivity contribution >= 4 is 23.2 Å². The lowest BCUT2D eigenvalue weighted by Gasteiger charge is -2.43. The van der Waals surface area contributed by atoms with E-state index in [0.29, 0.717) is 16.1 Å². The number of hydrogen-bond donors (Lipinski definition) is 1. The first-order valence-corrected chi connectivity index (χ1v) is 7.86. The van der Waals surface area contributed by atoms with E-state index in [1.54, 1.807) is 6.07 Å². The Kier molecular flexibility index (Phi) is 5.70. The summed E-state index contributed by atoms with van der Waals surface area (Å²) in [6.45, 7) is 8.60. The van der Waals surface area contributed by atoms with Crippen molar-refractivity contribution in [1.82, 2.24) is 9.80 Å². The molecular formula is C15H22Cl2N2O. The zero-order valence-electron chi connectivity index (χ0n) is 12.0. The molecule has 1 saturated heterocycles. The van der Waals surface area contributed by atoms with Crippen molar-refractivity contribution in [2.75, 3.05) is 32.8 Å². The summed E-state index contributed by atoms with van der Waals surface area (Å²) in [6.07, 6.45) is 0. The van der Waals surface area contributed by atoms with Crippen LogP contribution in [0.5, 0.6) is 0 Å². The van der Waals surface area contributed by atoms with Gasteiger partial charge in [-0.3, -0.25) is 4.90 Å².